The third-order valence-electron chi connectivity index (χ3n) is 5.06. The zero-order chi connectivity index (χ0) is 21.2. The summed E-state index contributed by atoms with van der Waals surface area (Å²) >= 11 is 6.18. The molecule has 1 saturated heterocycles. The van der Waals surface area contributed by atoms with Crippen molar-refractivity contribution < 1.29 is 4.74 Å². The summed E-state index contributed by atoms with van der Waals surface area (Å²) in [5, 5.41) is 7.55. The number of halogens is 2. The van der Waals surface area contributed by atoms with Crippen LogP contribution < -0.4 is 15.4 Å². The number of hydrogen-bond acceptors (Lipinski definition) is 4. The van der Waals surface area contributed by atoms with Gasteiger partial charge in [-0.1, -0.05) is 29.8 Å². The summed E-state index contributed by atoms with van der Waals surface area (Å²) in [7, 11) is 0. The highest BCUT2D eigenvalue weighted by Gasteiger charge is 2.20. The second-order valence-corrected chi connectivity index (χ2v) is 8.00. The monoisotopic (exact) mass is 557 g/mol. The summed E-state index contributed by atoms with van der Waals surface area (Å²) in [6.07, 6.45) is 3.96. The number of nitrogens with one attached hydrogen (secondary N) is 2. The van der Waals surface area contributed by atoms with Gasteiger partial charge < -0.3 is 15.4 Å². The van der Waals surface area contributed by atoms with E-state index in [0.717, 1.165) is 50.7 Å². The van der Waals surface area contributed by atoms with Crippen LogP contribution in [-0.2, 0) is 6.54 Å². The number of guanidine groups is 1. The third-order valence-corrected chi connectivity index (χ3v) is 5.37. The molecule has 1 aromatic heterocycles. The Kier molecular flexibility index (Phi) is 11.4. The predicted molar refractivity (Wildman–Crippen MR) is 139 cm³/mol. The van der Waals surface area contributed by atoms with Crippen molar-refractivity contribution in [3.8, 4) is 5.75 Å². The van der Waals surface area contributed by atoms with Crippen molar-refractivity contribution in [1.29, 1.82) is 0 Å². The number of likely N-dealkylation sites (tertiary alicyclic amines) is 1. The molecular formula is C23H33ClIN5O. The summed E-state index contributed by atoms with van der Waals surface area (Å²) in [5.41, 5.74) is 1.13. The second-order valence-electron chi connectivity index (χ2n) is 7.59. The van der Waals surface area contributed by atoms with Gasteiger partial charge in [0.15, 0.2) is 5.96 Å². The van der Waals surface area contributed by atoms with Crippen LogP contribution >= 0.6 is 35.6 Å². The van der Waals surface area contributed by atoms with Crippen LogP contribution in [-0.4, -0.2) is 54.2 Å². The maximum Gasteiger partial charge on any atom is 0.191 e. The van der Waals surface area contributed by atoms with E-state index >= 15 is 0 Å². The zero-order valence-electron chi connectivity index (χ0n) is 18.3. The Morgan fingerprint density at radius 2 is 1.97 bits per heavy atom. The van der Waals surface area contributed by atoms with Gasteiger partial charge in [-0.3, -0.25) is 9.88 Å². The fourth-order valence-electron chi connectivity index (χ4n) is 3.48. The van der Waals surface area contributed by atoms with E-state index in [-0.39, 0.29) is 30.1 Å². The Morgan fingerprint density at radius 3 is 2.65 bits per heavy atom. The van der Waals surface area contributed by atoms with Gasteiger partial charge in [-0.25, -0.2) is 4.99 Å². The minimum atomic E-state index is -0.0689. The quantitative estimate of drug-likeness (QED) is 0.287. The fraction of sp³-hybridized carbons (Fsp3) is 0.478. The van der Waals surface area contributed by atoms with Crippen molar-refractivity contribution in [2.24, 2.45) is 4.99 Å². The largest absolute Gasteiger partial charge is 0.487 e. The molecule has 170 valence electrons. The number of aliphatic imine (C=N–C) groups is 1. The summed E-state index contributed by atoms with van der Waals surface area (Å²) in [6.45, 7) is 8.49. The fourth-order valence-corrected chi connectivity index (χ4v) is 3.66. The molecule has 6 nitrogen and oxygen atoms in total. The molecule has 1 aromatic carbocycles. The summed E-state index contributed by atoms with van der Waals surface area (Å²) in [5.74, 6) is 1.54. The van der Waals surface area contributed by atoms with Crippen LogP contribution in [0.3, 0.4) is 0 Å². The summed E-state index contributed by atoms with van der Waals surface area (Å²) in [4.78, 5) is 11.6. The summed E-state index contributed by atoms with van der Waals surface area (Å²) < 4.78 is 5.93. The van der Waals surface area contributed by atoms with Gasteiger partial charge in [0.05, 0.1) is 17.3 Å². The van der Waals surface area contributed by atoms with E-state index in [9.17, 15) is 0 Å². The van der Waals surface area contributed by atoms with E-state index in [1.165, 1.54) is 0 Å². The molecule has 0 radical (unpaired) electrons. The number of para-hydroxylation sites is 1. The van der Waals surface area contributed by atoms with Crippen LogP contribution in [0.15, 0.2) is 53.7 Å². The standard InChI is InChI=1S/C23H32ClN5O.HI/c1-3-25-23(27-16-18(2)30-22-10-5-4-9-21(22)24)28-19-11-14-29(15-12-19)17-20-8-6-7-13-26-20;/h4-10,13,18-19H,3,11-12,14-17H2,1-2H3,(H2,25,27,28);1H. The number of benzene rings is 1. The first-order chi connectivity index (χ1) is 14.6. The number of nitrogens with zero attached hydrogens (tertiary/aromatic N) is 3. The average molecular weight is 558 g/mol. The highest BCUT2D eigenvalue weighted by atomic mass is 127. The summed E-state index contributed by atoms with van der Waals surface area (Å²) in [6, 6.07) is 14.0. The van der Waals surface area contributed by atoms with Gasteiger partial charge in [0.1, 0.15) is 11.9 Å². The minimum Gasteiger partial charge on any atom is -0.487 e. The Morgan fingerprint density at radius 1 is 1.23 bits per heavy atom. The minimum absolute atomic E-state index is 0. The van der Waals surface area contributed by atoms with E-state index in [1.54, 1.807) is 0 Å². The number of rotatable bonds is 8. The van der Waals surface area contributed by atoms with E-state index in [1.807, 2.05) is 49.5 Å². The van der Waals surface area contributed by atoms with Crippen molar-refractivity contribution in [2.45, 2.75) is 45.4 Å². The first-order valence-electron chi connectivity index (χ1n) is 10.7. The van der Waals surface area contributed by atoms with Gasteiger partial charge in [-0.15, -0.1) is 24.0 Å². The van der Waals surface area contributed by atoms with Crippen LogP contribution in [0.25, 0.3) is 0 Å². The van der Waals surface area contributed by atoms with Gasteiger partial charge in [0, 0.05) is 38.4 Å². The third kappa shape index (κ3) is 8.82. The van der Waals surface area contributed by atoms with Gasteiger partial charge >= 0.3 is 0 Å². The van der Waals surface area contributed by atoms with Crippen LogP contribution in [0.4, 0.5) is 0 Å². The highest BCUT2D eigenvalue weighted by Crippen LogP contribution is 2.24. The van der Waals surface area contributed by atoms with E-state index in [4.69, 9.17) is 21.3 Å². The molecule has 1 atom stereocenters. The smallest absolute Gasteiger partial charge is 0.191 e. The van der Waals surface area contributed by atoms with Crippen LogP contribution in [0, 0.1) is 0 Å². The highest BCUT2D eigenvalue weighted by molar-refractivity contribution is 14.0. The molecule has 8 heteroatoms. The predicted octanol–water partition coefficient (Wildman–Crippen LogP) is 4.34. The van der Waals surface area contributed by atoms with Crippen LogP contribution in [0.2, 0.25) is 5.02 Å². The van der Waals surface area contributed by atoms with Gasteiger partial charge in [0.25, 0.3) is 0 Å². The van der Waals surface area contributed by atoms with Crippen molar-refractivity contribution in [1.82, 2.24) is 20.5 Å². The molecule has 0 aliphatic carbocycles. The number of ether oxygens (including phenoxy) is 1. The van der Waals surface area contributed by atoms with Gasteiger partial charge in [0.2, 0.25) is 0 Å². The number of aromatic nitrogens is 1. The van der Waals surface area contributed by atoms with Crippen LogP contribution in [0.5, 0.6) is 5.75 Å². The molecule has 3 rings (SSSR count). The molecule has 0 bridgehead atoms. The molecule has 0 amide bonds. The lowest BCUT2D eigenvalue weighted by Crippen LogP contribution is -2.48. The normalized spacial score (nSPS) is 16.3. The maximum atomic E-state index is 6.18. The molecule has 0 spiro atoms. The molecular weight excluding hydrogens is 525 g/mol. The topological polar surface area (TPSA) is 61.8 Å². The van der Waals surface area contributed by atoms with E-state index < -0.39 is 0 Å². The van der Waals surface area contributed by atoms with Crippen molar-refractivity contribution in [3.63, 3.8) is 0 Å². The molecule has 1 unspecified atom stereocenters. The van der Waals surface area contributed by atoms with Gasteiger partial charge in [-0.05, 0) is 51.0 Å². The van der Waals surface area contributed by atoms with E-state index in [2.05, 4.69) is 33.5 Å². The lowest BCUT2D eigenvalue weighted by Gasteiger charge is -2.33. The Balaban J connectivity index is 0.00000341. The molecule has 2 heterocycles. The first-order valence-corrected chi connectivity index (χ1v) is 11.1. The Hall–Kier alpha value is -1.58. The Labute approximate surface area is 207 Å². The molecule has 31 heavy (non-hydrogen) atoms. The van der Waals surface area contributed by atoms with Crippen molar-refractivity contribution >= 4 is 41.5 Å². The number of piperidine rings is 1. The lowest BCUT2D eigenvalue weighted by molar-refractivity contribution is 0.196. The average Bonchev–Trinajstić information content (AvgIpc) is 2.76. The SMILES string of the molecule is CCNC(=NCC(C)Oc1ccccc1Cl)NC1CCN(Cc2ccccn2)CC1.I. The number of hydrogen-bond donors (Lipinski definition) is 2. The second kappa shape index (κ2) is 13.8. The molecule has 1 aliphatic rings. The zero-order valence-corrected chi connectivity index (χ0v) is 21.3. The van der Waals surface area contributed by atoms with Crippen LogP contribution in [0.1, 0.15) is 32.4 Å². The van der Waals surface area contributed by atoms with Crippen molar-refractivity contribution in [2.75, 3.05) is 26.2 Å². The molecule has 1 fully saturated rings. The first kappa shape index (κ1) is 25.7. The lowest BCUT2D eigenvalue weighted by atomic mass is 10.0. The van der Waals surface area contributed by atoms with E-state index in [0.29, 0.717) is 23.4 Å². The molecule has 1 aliphatic heterocycles. The number of pyridine rings is 1. The van der Waals surface area contributed by atoms with Gasteiger partial charge in [-0.2, -0.15) is 0 Å². The Bertz CT molecular complexity index is 800. The molecule has 2 N–H and O–H groups in total. The molecule has 0 saturated carbocycles. The maximum absolute atomic E-state index is 6.18. The molecule has 2 aromatic rings. The van der Waals surface area contributed by atoms with Crippen molar-refractivity contribution in [3.05, 3.63) is 59.4 Å².